The van der Waals surface area contributed by atoms with Crippen LogP contribution in [-0.2, 0) is 0 Å². The van der Waals surface area contributed by atoms with E-state index < -0.39 is 0 Å². The molecule has 14 heavy (non-hydrogen) atoms. The van der Waals surface area contributed by atoms with Gasteiger partial charge in [0.15, 0.2) is 0 Å². The van der Waals surface area contributed by atoms with Crippen molar-refractivity contribution in [3.8, 4) is 0 Å². The van der Waals surface area contributed by atoms with Gasteiger partial charge < -0.3 is 5.32 Å². The molecule has 0 spiro atoms. The third-order valence-corrected chi connectivity index (χ3v) is 2.00. The Morgan fingerprint density at radius 3 is 2.50 bits per heavy atom. The summed E-state index contributed by atoms with van der Waals surface area (Å²) < 4.78 is 0. The minimum Gasteiger partial charge on any atom is -0.347 e. The van der Waals surface area contributed by atoms with Crippen molar-refractivity contribution in [2.24, 2.45) is 0 Å². The number of rotatable bonds is 3. The summed E-state index contributed by atoms with van der Waals surface area (Å²) in [5.41, 5.74) is 0.584. The van der Waals surface area contributed by atoms with Crippen molar-refractivity contribution in [1.29, 1.82) is 0 Å². The van der Waals surface area contributed by atoms with Gasteiger partial charge in [-0.05, 0) is 24.3 Å². The zero-order chi connectivity index (χ0) is 10.6. The number of carbonyl (C=O) groups excluding carboxylic acids is 1. The van der Waals surface area contributed by atoms with E-state index in [1.807, 2.05) is 0 Å². The van der Waals surface area contributed by atoms with Crippen LogP contribution >= 0.6 is 24.2 Å². The second-order valence-corrected chi connectivity index (χ2v) is 3.80. The molecule has 0 radical (unpaired) electrons. The molecule has 0 saturated carbocycles. The molecule has 0 aliphatic rings. The van der Waals surface area contributed by atoms with Crippen LogP contribution in [0.2, 0.25) is 0 Å². The monoisotopic (exact) mass is 227 g/mol. The summed E-state index contributed by atoms with van der Waals surface area (Å²) in [7, 11) is 0. The molecule has 1 amide bonds. The zero-order valence-electron chi connectivity index (χ0n) is 7.46. The first kappa shape index (κ1) is 11.1. The third kappa shape index (κ3) is 3.44. The first-order valence-corrected chi connectivity index (χ1v) is 4.82. The Kier molecular flexibility index (Phi) is 4.04. The molecule has 0 fully saturated rings. The lowest BCUT2D eigenvalue weighted by Crippen LogP contribution is -2.24. The van der Waals surface area contributed by atoms with E-state index in [-0.39, 0.29) is 12.5 Å². The molecule has 1 aromatic rings. The normalized spacial score (nSPS) is 9.57. The first-order valence-electron chi connectivity index (χ1n) is 4.00. The summed E-state index contributed by atoms with van der Waals surface area (Å²) in [6, 6.07) is 6.92. The summed E-state index contributed by atoms with van der Waals surface area (Å²) in [6.07, 6.45) is 0. The van der Waals surface area contributed by atoms with Crippen LogP contribution < -0.4 is 5.32 Å². The Morgan fingerprint density at radius 1 is 1.43 bits per heavy atom. The van der Waals surface area contributed by atoms with Gasteiger partial charge in [0.25, 0.3) is 5.91 Å². The largest absolute Gasteiger partial charge is 0.347 e. The molecule has 1 rings (SSSR count). The second kappa shape index (κ2) is 5.08. The number of carbonyl (C=O) groups is 1. The van der Waals surface area contributed by atoms with Gasteiger partial charge in [-0.3, -0.25) is 4.79 Å². The van der Waals surface area contributed by atoms with Gasteiger partial charge in [-0.15, -0.1) is 12.6 Å². The molecule has 0 unspecified atom stereocenters. The van der Waals surface area contributed by atoms with Gasteiger partial charge in [0.1, 0.15) is 0 Å². The molecule has 74 valence electrons. The van der Waals surface area contributed by atoms with E-state index in [0.717, 1.165) is 4.90 Å². The van der Waals surface area contributed by atoms with Crippen molar-refractivity contribution < 1.29 is 4.79 Å². The van der Waals surface area contributed by atoms with Crippen LogP contribution in [0.1, 0.15) is 10.4 Å². The average Bonchev–Trinajstić information content (AvgIpc) is 2.15. The molecule has 0 saturated heterocycles. The van der Waals surface area contributed by atoms with Crippen molar-refractivity contribution in [3.05, 3.63) is 41.4 Å². The highest BCUT2D eigenvalue weighted by molar-refractivity contribution is 7.80. The van der Waals surface area contributed by atoms with E-state index >= 15 is 0 Å². The van der Waals surface area contributed by atoms with Crippen molar-refractivity contribution in [2.45, 2.75) is 4.90 Å². The van der Waals surface area contributed by atoms with Crippen LogP contribution in [0.3, 0.4) is 0 Å². The number of amides is 1. The number of nitrogens with one attached hydrogen (secondary N) is 1. The van der Waals surface area contributed by atoms with Crippen LogP contribution in [0.4, 0.5) is 0 Å². The summed E-state index contributed by atoms with van der Waals surface area (Å²) >= 11 is 9.63. The number of hydrogen-bond acceptors (Lipinski definition) is 2. The van der Waals surface area contributed by atoms with E-state index in [1.54, 1.807) is 24.3 Å². The maximum Gasteiger partial charge on any atom is 0.251 e. The van der Waals surface area contributed by atoms with Crippen molar-refractivity contribution in [1.82, 2.24) is 5.32 Å². The van der Waals surface area contributed by atoms with Crippen molar-refractivity contribution in [3.63, 3.8) is 0 Å². The maximum atomic E-state index is 11.4. The van der Waals surface area contributed by atoms with Crippen molar-refractivity contribution >= 4 is 30.1 Å². The Bertz CT molecular complexity index is 348. The third-order valence-electron chi connectivity index (χ3n) is 1.57. The number of hydrogen-bond donors (Lipinski definition) is 2. The topological polar surface area (TPSA) is 29.1 Å². The van der Waals surface area contributed by atoms with Crippen LogP contribution in [-0.4, -0.2) is 12.5 Å². The summed E-state index contributed by atoms with van der Waals surface area (Å²) in [5, 5.41) is 3.03. The fourth-order valence-electron chi connectivity index (χ4n) is 0.891. The van der Waals surface area contributed by atoms with Gasteiger partial charge in [-0.1, -0.05) is 18.2 Å². The standard InChI is InChI=1S/C10H10ClNOS/c1-7(11)6-12-10(13)8-2-4-9(14)5-3-8/h2-5,14H,1,6H2,(H,12,13). The molecule has 0 aliphatic carbocycles. The van der Waals surface area contributed by atoms with E-state index in [0.29, 0.717) is 10.6 Å². The van der Waals surface area contributed by atoms with Crippen LogP contribution in [0.15, 0.2) is 40.8 Å². The average molecular weight is 228 g/mol. The second-order valence-electron chi connectivity index (χ2n) is 2.75. The predicted octanol–water partition coefficient (Wildman–Crippen LogP) is 2.46. The molecular formula is C10H10ClNOS. The lowest BCUT2D eigenvalue weighted by molar-refractivity contribution is 0.0957. The number of halogens is 1. The fraction of sp³-hybridized carbons (Fsp3) is 0.100. The maximum absolute atomic E-state index is 11.4. The highest BCUT2D eigenvalue weighted by atomic mass is 35.5. The highest BCUT2D eigenvalue weighted by Gasteiger charge is 2.03. The summed E-state index contributed by atoms with van der Waals surface area (Å²) in [6.45, 7) is 3.75. The molecule has 2 nitrogen and oxygen atoms in total. The molecular weight excluding hydrogens is 218 g/mol. The van der Waals surface area contributed by atoms with Gasteiger partial charge in [0.05, 0.1) is 6.54 Å². The van der Waals surface area contributed by atoms with E-state index in [9.17, 15) is 4.79 Å². The van der Waals surface area contributed by atoms with Gasteiger partial charge in [-0.25, -0.2) is 0 Å². The Hall–Kier alpha value is -0.930. The molecule has 1 N–H and O–H groups in total. The first-order chi connectivity index (χ1) is 6.59. The van der Waals surface area contributed by atoms with Gasteiger partial charge in [-0.2, -0.15) is 0 Å². The molecule has 0 aromatic heterocycles. The fourth-order valence-corrected chi connectivity index (χ4v) is 1.11. The van der Waals surface area contributed by atoms with E-state index in [2.05, 4.69) is 24.5 Å². The van der Waals surface area contributed by atoms with Gasteiger partial charge >= 0.3 is 0 Å². The lowest BCUT2D eigenvalue weighted by atomic mass is 10.2. The van der Waals surface area contributed by atoms with E-state index in [4.69, 9.17) is 11.6 Å². The number of thiol groups is 1. The Morgan fingerprint density at radius 2 is 2.00 bits per heavy atom. The summed E-state index contributed by atoms with van der Waals surface area (Å²) in [4.78, 5) is 12.2. The van der Waals surface area contributed by atoms with Crippen LogP contribution in [0.5, 0.6) is 0 Å². The van der Waals surface area contributed by atoms with Gasteiger partial charge in [0, 0.05) is 15.5 Å². The molecule has 4 heteroatoms. The highest BCUT2D eigenvalue weighted by Crippen LogP contribution is 2.07. The van der Waals surface area contributed by atoms with Crippen LogP contribution in [0.25, 0.3) is 0 Å². The van der Waals surface area contributed by atoms with E-state index in [1.165, 1.54) is 0 Å². The molecule has 0 bridgehead atoms. The zero-order valence-corrected chi connectivity index (χ0v) is 9.11. The Balaban J connectivity index is 2.61. The SMILES string of the molecule is C=C(Cl)CNC(=O)c1ccc(S)cc1. The minimum absolute atomic E-state index is 0.167. The smallest absolute Gasteiger partial charge is 0.251 e. The van der Waals surface area contributed by atoms with Crippen LogP contribution in [0, 0.1) is 0 Å². The molecule has 0 aliphatic heterocycles. The predicted molar refractivity (Wildman–Crippen MR) is 61.0 cm³/mol. The Labute approximate surface area is 93.4 Å². The molecule has 0 heterocycles. The number of benzene rings is 1. The molecule has 1 aromatic carbocycles. The minimum atomic E-state index is -0.167. The quantitative estimate of drug-likeness (QED) is 0.764. The lowest BCUT2D eigenvalue weighted by Gasteiger charge is -2.03. The molecule has 0 atom stereocenters. The van der Waals surface area contributed by atoms with Crippen molar-refractivity contribution in [2.75, 3.05) is 6.54 Å². The van der Waals surface area contributed by atoms with Gasteiger partial charge in [0.2, 0.25) is 0 Å². The summed E-state index contributed by atoms with van der Waals surface area (Å²) in [5.74, 6) is -0.167.